The van der Waals surface area contributed by atoms with Gasteiger partial charge in [-0.1, -0.05) is 19.4 Å². The fourth-order valence-electron chi connectivity index (χ4n) is 10.2. The van der Waals surface area contributed by atoms with Crippen molar-refractivity contribution in [2.75, 3.05) is 34.1 Å². The van der Waals surface area contributed by atoms with Crippen molar-refractivity contribution in [3.8, 4) is 5.69 Å². The highest BCUT2D eigenvalue weighted by Crippen LogP contribution is 2.71. The Morgan fingerprint density at radius 1 is 1.10 bits per heavy atom. The minimum absolute atomic E-state index is 0.0119. The Labute approximate surface area is 240 Å². The first-order chi connectivity index (χ1) is 19.8. The molecule has 8 rings (SSSR count). The van der Waals surface area contributed by atoms with Crippen molar-refractivity contribution in [2.24, 2.45) is 28.6 Å². The van der Waals surface area contributed by atoms with Crippen LogP contribution in [0.25, 0.3) is 11.8 Å². The maximum absolute atomic E-state index is 13.6. The molecule has 220 valence electrons. The molecular weight excluding hydrogens is 527 g/mol. The van der Waals surface area contributed by atoms with Gasteiger partial charge in [-0.05, 0) is 97.6 Å². The molecule has 2 spiro atoms. The van der Waals surface area contributed by atoms with Gasteiger partial charge in [-0.25, -0.2) is 9.07 Å². The van der Waals surface area contributed by atoms with Gasteiger partial charge < -0.3 is 28.4 Å². The molecule has 8 nitrogen and oxygen atoms in total. The second-order valence-electron chi connectivity index (χ2n) is 13.4. The summed E-state index contributed by atoms with van der Waals surface area (Å²) in [6, 6.07) is 6.57. The third-order valence-electron chi connectivity index (χ3n) is 11.9. The van der Waals surface area contributed by atoms with Crippen LogP contribution in [0.4, 0.5) is 4.39 Å². The van der Waals surface area contributed by atoms with E-state index in [1.165, 1.54) is 23.3 Å². The summed E-state index contributed by atoms with van der Waals surface area (Å²) in [4.78, 5) is 0. The molecular formula is C32H39FN2O6. The van der Waals surface area contributed by atoms with Gasteiger partial charge in [-0.15, -0.1) is 0 Å². The fourth-order valence-corrected chi connectivity index (χ4v) is 10.2. The van der Waals surface area contributed by atoms with Crippen molar-refractivity contribution in [2.45, 2.75) is 69.9 Å². The van der Waals surface area contributed by atoms with Crippen LogP contribution in [0.2, 0.25) is 0 Å². The van der Waals surface area contributed by atoms with E-state index in [-0.39, 0.29) is 43.1 Å². The van der Waals surface area contributed by atoms with Gasteiger partial charge in [0.25, 0.3) is 0 Å². The molecule has 2 saturated heterocycles. The number of halogens is 1. The predicted octanol–water partition coefficient (Wildman–Crippen LogP) is 5.24. The van der Waals surface area contributed by atoms with Crippen molar-refractivity contribution in [1.29, 1.82) is 0 Å². The second kappa shape index (κ2) is 9.18. The minimum Gasteiger partial charge on any atom is -0.359 e. The van der Waals surface area contributed by atoms with Crippen LogP contribution >= 0.6 is 0 Å². The molecule has 8 atom stereocenters. The van der Waals surface area contributed by atoms with Crippen LogP contribution in [-0.4, -0.2) is 61.4 Å². The third-order valence-corrected chi connectivity index (χ3v) is 11.9. The van der Waals surface area contributed by atoms with E-state index in [1.54, 1.807) is 19.2 Å². The summed E-state index contributed by atoms with van der Waals surface area (Å²) in [6.45, 7) is 5.96. The van der Waals surface area contributed by atoms with Gasteiger partial charge in [0.15, 0.2) is 13.6 Å². The van der Waals surface area contributed by atoms with Crippen molar-refractivity contribution in [3.63, 3.8) is 0 Å². The van der Waals surface area contributed by atoms with Gasteiger partial charge >= 0.3 is 0 Å². The number of allylic oxidation sites excluding steroid dienone is 1. The Balaban J connectivity index is 1.18. The smallest absolute Gasteiger partial charge is 0.226 e. The molecule has 6 aliphatic rings. The number of hydrogen-bond acceptors (Lipinski definition) is 7. The molecule has 0 amide bonds. The molecule has 41 heavy (non-hydrogen) atoms. The number of methoxy groups -OCH3 is 1. The first-order valence-electron chi connectivity index (χ1n) is 15.0. The van der Waals surface area contributed by atoms with E-state index in [1.807, 2.05) is 10.9 Å². The number of nitrogens with zero attached hydrogens (tertiary/aromatic N) is 2. The Morgan fingerprint density at radius 2 is 1.93 bits per heavy atom. The molecule has 4 aliphatic carbocycles. The minimum atomic E-state index is -0.854. The average Bonchev–Trinajstić information content (AvgIpc) is 3.74. The molecule has 0 radical (unpaired) electrons. The number of aromatic nitrogens is 2. The van der Waals surface area contributed by atoms with E-state index >= 15 is 0 Å². The van der Waals surface area contributed by atoms with Gasteiger partial charge in [0, 0.05) is 12.5 Å². The fraction of sp³-hybridized carbons (Fsp3) is 0.656. The molecule has 1 aromatic heterocycles. The number of ether oxygens (including phenoxy) is 6. The Bertz CT molecular complexity index is 1370. The zero-order valence-corrected chi connectivity index (χ0v) is 24.1. The lowest BCUT2D eigenvalue weighted by Gasteiger charge is -2.62. The average molecular weight is 567 g/mol. The summed E-state index contributed by atoms with van der Waals surface area (Å²) in [6.07, 6.45) is 10.2. The number of rotatable bonds is 4. The standard InChI is InChI=1S/C32H39FN2O6/c1-29-13-20-15-34-35(23-7-5-22(33)6-8-23)26(20)12-21(29)4-9-24-25-10-11-31(32(41-19-39-31)16-37-18-40-32)30(25,2)14-27(28(24)29)38-17-36-3/h5-8,12,15,24-25,27-28H,4,9-11,13-14,16-19H2,1-3H3/t24?,25?,27-,28?,29?,30?,31?,32?/m0/s1. The molecule has 2 aliphatic heterocycles. The molecule has 0 N–H and O–H groups in total. The van der Waals surface area contributed by atoms with Crippen LogP contribution in [0.5, 0.6) is 0 Å². The van der Waals surface area contributed by atoms with Crippen molar-refractivity contribution >= 4 is 6.08 Å². The lowest BCUT2D eigenvalue weighted by Crippen LogP contribution is -2.66. The van der Waals surface area contributed by atoms with E-state index in [0.717, 1.165) is 49.9 Å². The number of fused-ring (bicyclic) bond motifs is 8. The van der Waals surface area contributed by atoms with Crippen molar-refractivity contribution < 1.29 is 32.8 Å². The SMILES string of the molecule is COCO[C@H]1CC2(C)C(CCC23OCOC32COCO2)C2CCC3=Cc4c(cnn4-c4ccc(F)cc4)CC3(C)C21. The van der Waals surface area contributed by atoms with Crippen LogP contribution < -0.4 is 0 Å². The number of benzene rings is 1. The van der Waals surface area contributed by atoms with Crippen LogP contribution in [0, 0.1) is 34.4 Å². The second-order valence-corrected chi connectivity index (χ2v) is 13.4. The van der Waals surface area contributed by atoms with E-state index in [0.29, 0.717) is 24.4 Å². The maximum Gasteiger partial charge on any atom is 0.226 e. The molecule has 1 aromatic carbocycles. The Hall–Kier alpha value is -2.14. The van der Waals surface area contributed by atoms with Crippen LogP contribution in [0.1, 0.15) is 57.2 Å². The van der Waals surface area contributed by atoms with Gasteiger partial charge in [-0.3, -0.25) is 0 Å². The largest absolute Gasteiger partial charge is 0.359 e. The first kappa shape index (κ1) is 26.5. The highest BCUT2D eigenvalue weighted by molar-refractivity contribution is 5.61. The first-order valence-corrected chi connectivity index (χ1v) is 15.0. The predicted molar refractivity (Wildman–Crippen MR) is 146 cm³/mol. The summed E-state index contributed by atoms with van der Waals surface area (Å²) >= 11 is 0. The molecule has 7 unspecified atom stereocenters. The quantitative estimate of drug-likeness (QED) is 0.469. The summed E-state index contributed by atoms with van der Waals surface area (Å²) in [5.41, 5.74) is 3.84. The lowest BCUT2D eigenvalue weighted by molar-refractivity contribution is -0.264. The summed E-state index contributed by atoms with van der Waals surface area (Å²) in [5, 5.41) is 4.75. The zero-order chi connectivity index (χ0) is 28.0. The van der Waals surface area contributed by atoms with Gasteiger partial charge in [0.05, 0.1) is 23.7 Å². The molecule has 0 bridgehead atoms. The van der Waals surface area contributed by atoms with Crippen molar-refractivity contribution in [1.82, 2.24) is 9.78 Å². The van der Waals surface area contributed by atoms with Crippen LogP contribution in [0.3, 0.4) is 0 Å². The molecule has 2 aromatic rings. The highest BCUT2D eigenvalue weighted by Gasteiger charge is 2.77. The van der Waals surface area contributed by atoms with Crippen LogP contribution in [0.15, 0.2) is 36.0 Å². The maximum atomic E-state index is 13.6. The molecule has 5 fully saturated rings. The van der Waals surface area contributed by atoms with Crippen molar-refractivity contribution in [3.05, 3.63) is 53.1 Å². The van der Waals surface area contributed by atoms with Gasteiger partial charge in [-0.2, -0.15) is 5.10 Å². The van der Waals surface area contributed by atoms with E-state index < -0.39 is 11.4 Å². The molecule has 9 heteroatoms. The topological polar surface area (TPSA) is 73.2 Å². The third kappa shape index (κ3) is 3.45. The van der Waals surface area contributed by atoms with Crippen LogP contribution in [-0.2, 0) is 34.8 Å². The summed E-state index contributed by atoms with van der Waals surface area (Å²) in [7, 11) is 1.69. The van der Waals surface area contributed by atoms with E-state index in [9.17, 15) is 4.39 Å². The molecule has 3 saturated carbocycles. The Kier molecular flexibility index (Phi) is 5.93. The zero-order valence-electron chi connectivity index (χ0n) is 24.1. The normalized spacial score (nSPS) is 42.7. The molecule has 3 heterocycles. The van der Waals surface area contributed by atoms with E-state index in [2.05, 4.69) is 19.9 Å². The van der Waals surface area contributed by atoms with E-state index in [4.69, 9.17) is 33.5 Å². The monoisotopic (exact) mass is 566 g/mol. The van der Waals surface area contributed by atoms with Gasteiger partial charge in [0.2, 0.25) is 5.79 Å². The number of hydrogen-bond donors (Lipinski definition) is 0. The Morgan fingerprint density at radius 3 is 2.71 bits per heavy atom. The lowest BCUT2D eigenvalue weighted by atomic mass is 9.45. The summed E-state index contributed by atoms with van der Waals surface area (Å²) < 4.78 is 52.5. The highest BCUT2D eigenvalue weighted by atomic mass is 19.1. The summed E-state index contributed by atoms with van der Waals surface area (Å²) in [5.74, 6) is 0.153. The van der Waals surface area contributed by atoms with Gasteiger partial charge in [0.1, 0.15) is 24.8 Å².